The first-order chi connectivity index (χ1) is 39.7. The second-order valence-corrected chi connectivity index (χ2v) is 20.7. The molecular formula is C48H78N4O33. The van der Waals surface area contributed by atoms with E-state index in [1.54, 1.807) is 0 Å². The minimum absolute atomic E-state index is 0.244. The van der Waals surface area contributed by atoms with Crippen LogP contribution in [-0.4, -0.2) is 311 Å². The van der Waals surface area contributed by atoms with Crippen molar-refractivity contribution in [1.29, 1.82) is 0 Å². The van der Waals surface area contributed by atoms with Crippen LogP contribution in [0.2, 0.25) is 0 Å². The average molecular weight is 1240 g/mol. The Morgan fingerprint density at radius 3 is 0.882 bits per heavy atom. The van der Waals surface area contributed by atoms with Crippen LogP contribution in [0.1, 0.15) is 79.1 Å². The van der Waals surface area contributed by atoms with Gasteiger partial charge in [-0.3, -0.25) is 19.2 Å². The zero-order chi connectivity index (χ0) is 64.4. The van der Waals surface area contributed by atoms with Crippen molar-refractivity contribution < 1.29 is 163 Å². The Balaban J connectivity index is 1.81. The summed E-state index contributed by atoms with van der Waals surface area (Å²) >= 11 is 0. The van der Waals surface area contributed by atoms with E-state index in [0.717, 1.165) is 0 Å². The first-order valence-electron chi connectivity index (χ1n) is 26.8. The molecule has 0 aromatic carbocycles. The molecule has 4 heterocycles. The quantitative estimate of drug-likeness (QED) is 0.0318. The van der Waals surface area contributed by atoms with Crippen molar-refractivity contribution in [2.45, 2.75) is 224 Å². The van der Waals surface area contributed by atoms with Gasteiger partial charge in [-0.2, -0.15) is 0 Å². The number of aliphatic carboxylic acids is 4. The maximum atomic E-state index is 13.5. The van der Waals surface area contributed by atoms with E-state index in [1.807, 2.05) is 0 Å². The van der Waals surface area contributed by atoms with Crippen LogP contribution in [0, 0.1) is 0 Å². The predicted molar refractivity (Wildman–Crippen MR) is 268 cm³/mol. The fraction of sp³-hybridized carbons (Fsp3) is 0.833. The number of ether oxygens (including phenoxy) is 7. The second kappa shape index (κ2) is 30.2. The largest absolute Gasteiger partial charge is 0.477 e. The summed E-state index contributed by atoms with van der Waals surface area (Å²) in [5.41, 5.74) is 0. The van der Waals surface area contributed by atoms with E-state index in [1.165, 1.54) is 27.7 Å². The third kappa shape index (κ3) is 16.2. The molecule has 37 heteroatoms. The molecule has 0 unspecified atom stereocenters. The summed E-state index contributed by atoms with van der Waals surface area (Å²) in [4.78, 5) is 103. The van der Waals surface area contributed by atoms with E-state index in [4.69, 9.17) is 33.2 Å². The van der Waals surface area contributed by atoms with Gasteiger partial charge in [-0.25, -0.2) is 19.2 Å². The number of nitrogens with one attached hydrogen (secondary N) is 4. The summed E-state index contributed by atoms with van der Waals surface area (Å²) in [6, 6.07) is -7.64. The monoisotopic (exact) mass is 1240 g/mol. The molecule has 4 aliphatic rings. The van der Waals surface area contributed by atoms with Gasteiger partial charge in [0.15, 0.2) is 0 Å². The molecule has 0 aliphatic carbocycles. The fourth-order valence-electron chi connectivity index (χ4n) is 10.1. The highest BCUT2D eigenvalue weighted by Gasteiger charge is 2.64. The summed E-state index contributed by atoms with van der Waals surface area (Å²) in [5, 5.41) is 206. The molecule has 85 heavy (non-hydrogen) atoms. The van der Waals surface area contributed by atoms with Crippen LogP contribution in [0.5, 0.6) is 0 Å². The number of amides is 4. The van der Waals surface area contributed by atoms with E-state index in [0.29, 0.717) is 0 Å². The van der Waals surface area contributed by atoms with Gasteiger partial charge in [0, 0.05) is 51.4 Å². The molecule has 4 fully saturated rings. The number of aliphatic hydroxyl groups is 14. The summed E-state index contributed by atoms with van der Waals surface area (Å²) in [6.45, 7) is -0.545. The van der Waals surface area contributed by atoms with E-state index < -0.39 is 251 Å². The maximum absolute atomic E-state index is 13.5. The molecule has 4 saturated heterocycles. The van der Waals surface area contributed by atoms with Crippen molar-refractivity contribution >= 4 is 47.5 Å². The van der Waals surface area contributed by atoms with E-state index in [-0.39, 0.29) is 19.3 Å². The number of carbonyl (C=O) groups excluding carboxylic acids is 4. The molecule has 0 aromatic rings. The van der Waals surface area contributed by atoms with Gasteiger partial charge in [-0.1, -0.05) is 27.7 Å². The van der Waals surface area contributed by atoms with Crippen LogP contribution in [-0.2, 0) is 71.5 Å². The fourth-order valence-corrected chi connectivity index (χ4v) is 10.1. The van der Waals surface area contributed by atoms with Crippen molar-refractivity contribution in [3.05, 3.63) is 0 Å². The molecule has 0 bridgehead atoms. The van der Waals surface area contributed by atoms with Crippen molar-refractivity contribution in [1.82, 2.24) is 21.3 Å². The number of aliphatic hydroxyl groups excluding tert-OH is 13. The van der Waals surface area contributed by atoms with Gasteiger partial charge >= 0.3 is 23.9 Å². The first-order valence-corrected chi connectivity index (χ1v) is 26.8. The number of carboxylic acid groups (broad SMARTS) is 4. The highest BCUT2D eigenvalue weighted by Crippen LogP contribution is 2.42. The van der Waals surface area contributed by atoms with Crippen molar-refractivity contribution in [3.8, 4) is 0 Å². The summed E-state index contributed by atoms with van der Waals surface area (Å²) in [7, 11) is 0. The van der Waals surface area contributed by atoms with E-state index in [2.05, 4.69) is 21.3 Å². The Morgan fingerprint density at radius 1 is 0.412 bits per heavy atom. The Morgan fingerprint density at radius 2 is 0.659 bits per heavy atom. The molecule has 22 N–H and O–H groups in total. The van der Waals surface area contributed by atoms with Crippen molar-refractivity contribution in [2.75, 3.05) is 26.4 Å². The van der Waals surface area contributed by atoms with Crippen LogP contribution in [0.25, 0.3) is 0 Å². The molecule has 0 saturated carbocycles. The molecular weight excluding hydrogens is 1160 g/mol. The van der Waals surface area contributed by atoms with Crippen molar-refractivity contribution in [2.24, 2.45) is 0 Å². The van der Waals surface area contributed by atoms with Crippen LogP contribution in [0.15, 0.2) is 0 Å². The molecule has 24 atom stereocenters. The lowest BCUT2D eigenvalue weighted by Gasteiger charge is -2.51. The SMILES string of the molecule is CCC(=O)N[C@H]1[C@H]([C@H](O)[C@H](O)CO)O[C@@](O[C@H](CO)[C@@H](O)[C@@H]2O[C@@](O[C@H](CO)[C@@H](O)[C@@H]3O[C@@](O[C@H](CO)[C@@H](O)[C@@H]4O[C@@](O)(C(=O)O)C[C@H](O)[C@H]4NC(=O)CC)(C(=O)O)C[C@H](O)[C@H]3NC(=O)CC)(C(=O)O)C[C@H](O)[C@H]2NC(=O)CC)(C(=O)O)C[C@@H]1O. The lowest BCUT2D eigenvalue weighted by atomic mass is 9.86. The second-order valence-electron chi connectivity index (χ2n) is 20.7. The number of rotatable bonds is 30. The highest BCUT2D eigenvalue weighted by atomic mass is 16.8. The van der Waals surface area contributed by atoms with Gasteiger partial charge in [0.1, 0.15) is 73.2 Å². The number of hydrogen-bond donors (Lipinski definition) is 22. The summed E-state index contributed by atoms with van der Waals surface area (Å²) in [6.07, 6.45) is -44.7. The van der Waals surface area contributed by atoms with Crippen LogP contribution < -0.4 is 21.3 Å². The maximum Gasteiger partial charge on any atom is 0.364 e. The average Bonchev–Trinajstić information content (AvgIpc) is 3.38. The van der Waals surface area contributed by atoms with E-state index >= 15 is 0 Å². The van der Waals surface area contributed by atoms with E-state index in [9.17, 15) is 130 Å². The molecule has 4 rings (SSSR count). The number of carbonyl (C=O) groups is 8. The smallest absolute Gasteiger partial charge is 0.364 e. The van der Waals surface area contributed by atoms with Gasteiger partial charge in [-0.15, -0.1) is 0 Å². The lowest BCUT2D eigenvalue weighted by Crippen LogP contribution is -2.72. The highest BCUT2D eigenvalue weighted by molar-refractivity contribution is 5.80. The Kier molecular flexibility index (Phi) is 25.7. The normalized spacial score (nSPS) is 36.2. The van der Waals surface area contributed by atoms with Crippen LogP contribution in [0.3, 0.4) is 0 Å². The minimum atomic E-state index is -3.55. The standard InChI is InChI=1S/C48H78N4O33/c1-5-25(62)49-29-17(57)9-45(78,41(70)71)82-38(29)34(67)22(14-54)79-47(43(74)75)11-19(59)31(51-27(64)7-3)40(84-47)36(69)24(16-56)81-48(44(76)77)12-20(60)32(52-28(65)8-4)39(85-48)35(68)23(15-55)80-46(42(72)73)10-18(58)30(50-26(63)6-2)37(83-46)33(66)21(61)13-53/h17-24,29-40,53-61,66-69,78H,5-16H2,1-4H3,(H,49,62)(H,50,63)(H,51,64)(H,52,65)(H,70,71)(H,72,73)(H,74,75)(H,76,77)/t17-,18-,19-,20-,21+,22+,23+,24+,29+,30+,31+,32+,33+,34+,35+,36+,37+,38+,39+,40+,45+,46+,47+,48+/m0/s1. The van der Waals surface area contributed by atoms with Gasteiger partial charge in [0.05, 0.1) is 75.0 Å². The van der Waals surface area contributed by atoms with Gasteiger partial charge in [-0.05, 0) is 0 Å². The summed E-state index contributed by atoms with van der Waals surface area (Å²) < 4.78 is 39.4. The zero-order valence-electron chi connectivity index (χ0n) is 46.2. The molecule has 4 amide bonds. The van der Waals surface area contributed by atoms with Gasteiger partial charge < -0.3 is 146 Å². The van der Waals surface area contributed by atoms with Crippen LogP contribution in [0.4, 0.5) is 0 Å². The van der Waals surface area contributed by atoms with Gasteiger partial charge in [0.25, 0.3) is 23.1 Å². The summed E-state index contributed by atoms with van der Waals surface area (Å²) in [5.74, 6) is -26.1. The van der Waals surface area contributed by atoms with Crippen molar-refractivity contribution in [3.63, 3.8) is 0 Å². The minimum Gasteiger partial charge on any atom is -0.477 e. The van der Waals surface area contributed by atoms with Gasteiger partial charge in [0.2, 0.25) is 23.6 Å². The molecule has 37 nitrogen and oxygen atoms in total. The number of hydrogen-bond acceptors (Lipinski definition) is 29. The Bertz CT molecular complexity index is 2330. The molecule has 0 aromatic heterocycles. The number of carboxylic acids is 4. The zero-order valence-corrected chi connectivity index (χ0v) is 46.2. The Labute approximate surface area is 481 Å². The third-order valence-electron chi connectivity index (χ3n) is 14.8. The lowest BCUT2D eigenvalue weighted by molar-refractivity contribution is -0.361. The third-order valence-corrected chi connectivity index (χ3v) is 14.8. The predicted octanol–water partition coefficient (Wildman–Crippen LogP) is -10.8. The molecule has 0 radical (unpaired) electrons. The Hall–Kier alpha value is -5.08. The molecule has 488 valence electrons. The topological polar surface area (TPSA) is 613 Å². The van der Waals surface area contributed by atoms with Crippen LogP contribution >= 0.6 is 0 Å². The first kappa shape index (κ1) is 72.4. The molecule has 0 spiro atoms. The molecule has 4 aliphatic heterocycles.